The third-order valence-corrected chi connectivity index (χ3v) is 12.5. The van der Waals surface area contributed by atoms with Crippen LogP contribution in [0.25, 0.3) is 0 Å². The van der Waals surface area contributed by atoms with Gasteiger partial charge in [-0.15, -0.1) is 0 Å². The minimum atomic E-state index is -0.769. The van der Waals surface area contributed by atoms with Crippen molar-refractivity contribution < 1.29 is 39.0 Å². The molecule has 0 saturated carbocycles. The van der Waals surface area contributed by atoms with Crippen LogP contribution in [0.15, 0.2) is 60.7 Å². The Bertz CT molecular complexity index is 2050. The summed E-state index contributed by atoms with van der Waals surface area (Å²) in [4.78, 5) is 9.22. The van der Waals surface area contributed by atoms with Gasteiger partial charge in [0.1, 0.15) is 24.2 Å². The van der Waals surface area contributed by atoms with Crippen molar-refractivity contribution >= 4 is 0 Å². The molecule has 12 nitrogen and oxygen atoms in total. The Kier molecular flexibility index (Phi) is 12.4. The number of aliphatic hydroxyl groups excluding tert-OH is 3. The summed E-state index contributed by atoms with van der Waals surface area (Å²) in [6, 6.07) is 20.7. The van der Waals surface area contributed by atoms with Crippen LogP contribution in [0.1, 0.15) is 51.0 Å². The summed E-state index contributed by atoms with van der Waals surface area (Å²) in [5, 5.41) is 31.7. The molecule has 6 bridgehead atoms. The van der Waals surface area contributed by atoms with Crippen LogP contribution in [0.4, 0.5) is 0 Å². The summed E-state index contributed by atoms with van der Waals surface area (Å²) < 4.78 is 32.2. The highest BCUT2D eigenvalue weighted by Crippen LogP contribution is 2.51. The zero-order valence-corrected chi connectivity index (χ0v) is 34.3. The Labute approximate surface area is 342 Å². The molecule has 0 spiro atoms. The molecule has 3 N–H and O–H groups in total. The molecule has 1 fully saturated rings. The molecule has 0 aliphatic carbocycles. The Hall–Kier alpha value is -4.40. The van der Waals surface area contributed by atoms with E-state index >= 15 is 0 Å². The summed E-state index contributed by atoms with van der Waals surface area (Å²) in [7, 11) is 7.61. The quantitative estimate of drug-likeness (QED) is 0.201. The number of methoxy groups -OCH3 is 2. The molecule has 0 aromatic heterocycles. The second-order valence-electron chi connectivity index (χ2n) is 16.2. The Morgan fingerprint density at radius 2 is 1.41 bits per heavy atom. The second kappa shape index (κ2) is 17.8. The number of fused-ring (bicyclic) bond motifs is 2. The van der Waals surface area contributed by atoms with E-state index in [2.05, 4.69) is 76.2 Å². The Balaban J connectivity index is 1.24. The Morgan fingerprint density at radius 3 is 2.14 bits per heavy atom. The van der Waals surface area contributed by atoms with E-state index in [9.17, 15) is 15.3 Å². The standard InChI is InChI=1S/C46H58N4O8/c1-47-13-11-32-24-34(28-52)41-26-37(32)38(47)21-30-5-8-36(9-6-30)57-42-23-31(7-10-40(42)54-3)22-39-44-33(12-14-48(39)2)25-43(55-4)45(46(44)58-41)56-29-35(53)27-50-17-15-49(16-18-50)19-20-51/h5-10,23-26,35,38-39,51-53H,11-22,27-29H2,1-4H3/t35?,38-,39-/m0/s1. The number of rotatable bonds is 10. The van der Waals surface area contributed by atoms with Gasteiger partial charge in [-0.2, -0.15) is 0 Å². The molecule has 1 saturated heterocycles. The van der Waals surface area contributed by atoms with E-state index < -0.39 is 6.10 Å². The highest BCUT2D eigenvalue weighted by Gasteiger charge is 2.35. The normalized spacial score (nSPS) is 20.6. The van der Waals surface area contributed by atoms with Crippen molar-refractivity contribution in [2.75, 3.05) is 93.9 Å². The highest BCUT2D eigenvalue weighted by atomic mass is 16.5. The topological polar surface area (TPSA) is 120 Å². The fraction of sp³-hybridized carbons (Fsp3) is 0.478. The van der Waals surface area contributed by atoms with Crippen LogP contribution < -0.4 is 23.7 Å². The van der Waals surface area contributed by atoms with Gasteiger partial charge in [0.25, 0.3) is 0 Å². The smallest absolute Gasteiger partial charge is 0.204 e. The van der Waals surface area contributed by atoms with E-state index in [1.165, 1.54) is 16.7 Å². The maximum Gasteiger partial charge on any atom is 0.204 e. The largest absolute Gasteiger partial charge is 0.493 e. The molecule has 9 rings (SSSR count). The number of hydrogen-bond donors (Lipinski definition) is 3. The lowest BCUT2D eigenvalue weighted by Gasteiger charge is -2.38. The van der Waals surface area contributed by atoms with Crippen LogP contribution >= 0.6 is 0 Å². The summed E-state index contributed by atoms with van der Waals surface area (Å²) >= 11 is 0. The number of piperazine rings is 1. The van der Waals surface area contributed by atoms with Gasteiger partial charge in [-0.05, 0) is 110 Å². The van der Waals surface area contributed by atoms with Gasteiger partial charge in [0, 0.05) is 75.6 Å². The molecule has 4 aromatic carbocycles. The maximum atomic E-state index is 11.4. The number of ether oxygens (including phenoxy) is 5. The SMILES string of the molecule is COc1ccc2cc1Oc1ccc(cc1)C[C@H]1c3cc(c(CO)cc3CCN1C)Oc1c(OCC(O)CN3CCN(CCO)CC3)c(OC)cc3c1[C@H](C2)N(C)CC3. The van der Waals surface area contributed by atoms with Crippen molar-refractivity contribution in [3.63, 3.8) is 0 Å². The molecule has 0 radical (unpaired) electrons. The predicted molar refractivity (Wildman–Crippen MR) is 222 cm³/mol. The molecule has 0 amide bonds. The average Bonchev–Trinajstić information content (AvgIpc) is 3.23. The number of hydrogen-bond acceptors (Lipinski definition) is 12. The van der Waals surface area contributed by atoms with Crippen molar-refractivity contribution in [2.24, 2.45) is 0 Å². The zero-order valence-electron chi connectivity index (χ0n) is 34.3. The fourth-order valence-electron chi connectivity index (χ4n) is 9.14. The lowest BCUT2D eigenvalue weighted by molar-refractivity contribution is 0.0417. The predicted octanol–water partition coefficient (Wildman–Crippen LogP) is 4.99. The molecule has 12 heteroatoms. The van der Waals surface area contributed by atoms with Crippen molar-refractivity contribution in [3.8, 4) is 40.2 Å². The summed E-state index contributed by atoms with van der Waals surface area (Å²) in [6.07, 6.45) is 2.29. The van der Waals surface area contributed by atoms with Gasteiger partial charge in [0.2, 0.25) is 5.75 Å². The van der Waals surface area contributed by atoms with Gasteiger partial charge in [0.05, 0.1) is 27.4 Å². The van der Waals surface area contributed by atoms with Crippen LogP contribution in [0.5, 0.6) is 40.2 Å². The van der Waals surface area contributed by atoms with Gasteiger partial charge in [-0.3, -0.25) is 19.6 Å². The monoisotopic (exact) mass is 794 g/mol. The van der Waals surface area contributed by atoms with Crippen molar-refractivity contribution in [1.82, 2.24) is 19.6 Å². The van der Waals surface area contributed by atoms with Crippen LogP contribution in [0, 0.1) is 0 Å². The molecule has 3 atom stereocenters. The van der Waals surface area contributed by atoms with Gasteiger partial charge in [-0.25, -0.2) is 0 Å². The van der Waals surface area contributed by atoms with E-state index in [-0.39, 0.29) is 31.9 Å². The van der Waals surface area contributed by atoms with Crippen molar-refractivity contribution in [1.29, 1.82) is 0 Å². The van der Waals surface area contributed by atoms with E-state index in [4.69, 9.17) is 23.7 Å². The molecular formula is C46H58N4O8. The number of benzene rings is 4. The first-order valence-corrected chi connectivity index (χ1v) is 20.6. The van der Waals surface area contributed by atoms with E-state index in [1.807, 2.05) is 18.2 Å². The number of nitrogens with zero attached hydrogens (tertiary/aromatic N) is 4. The average molecular weight is 795 g/mol. The minimum absolute atomic E-state index is 0.0322. The van der Waals surface area contributed by atoms with E-state index in [0.29, 0.717) is 59.6 Å². The van der Waals surface area contributed by atoms with Crippen LogP contribution in [-0.2, 0) is 32.3 Å². The van der Waals surface area contributed by atoms with Gasteiger partial charge >= 0.3 is 0 Å². The minimum Gasteiger partial charge on any atom is -0.493 e. The van der Waals surface area contributed by atoms with E-state index in [1.54, 1.807) is 14.2 Å². The van der Waals surface area contributed by atoms with Crippen molar-refractivity contribution in [2.45, 2.75) is 50.5 Å². The molecule has 58 heavy (non-hydrogen) atoms. The second-order valence-corrected chi connectivity index (χ2v) is 16.2. The van der Waals surface area contributed by atoms with E-state index in [0.717, 1.165) is 81.0 Å². The third kappa shape index (κ3) is 8.51. The lowest BCUT2D eigenvalue weighted by atomic mass is 9.86. The van der Waals surface area contributed by atoms with Gasteiger partial charge in [-0.1, -0.05) is 18.2 Å². The number of aliphatic hydroxyl groups is 3. The summed E-state index contributed by atoms with van der Waals surface area (Å²) in [6.45, 7) is 6.15. The molecular weight excluding hydrogens is 737 g/mol. The Morgan fingerprint density at radius 1 is 0.724 bits per heavy atom. The first kappa shape index (κ1) is 40.4. The zero-order chi connectivity index (χ0) is 40.3. The van der Waals surface area contributed by atoms with Gasteiger partial charge in [0.15, 0.2) is 23.0 Å². The van der Waals surface area contributed by atoms with Crippen LogP contribution in [0.2, 0.25) is 0 Å². The van der Waals surface area contributed by atoms with Crippen molar-refractivity contribution in [3.05, 3.63) is 99.6 Å². The number of likely N-dealkylation sites (N-methyl/N-ethyl adjacent to an activating group) is 2. The molecule has 310 valence electrons. The molecule has 5 heterocycles. The molecule has 5 aliphatic heterocycles. The third-order valence-electron chi connectivity index (χ3n) is 12.5. The summed E-state index contributed by atoms with van der Waals surface area (Å²) in [5.41, 5.74) is 7.42. The lowest BCUT2D eigenvalue weighted by Crippen LogP contribution is -2.49. The molecule has 4 aromatic rings. The first-order valence-electron chi connectivity index (χ1n) is 20.6. The van der Waals surface area contributed by atoms with Gasteiger partial charge < -0.3 is 39.0 Å². The molecule has 1 unspecified atom stereocenters. The first-order chi connectivity index (χ1) is 28.2. The van der Waals surface area contributed by atoms with Crippen LogP contribution in [-0.4, -0.2) is 135 Å². The highest BCUT2D eigenvalue weighted by molar-refractivity contribution is 5.63. The fourth-order valence-corrected chi connectivity index (χ4v) is 9.14. The molecule has 5 aliphatic rings. The van der Waals surface area contributed by atoms with Crippen LogP contribution in [0.3, 0.4) is 0 Å². The maximum absolute atomic E-state index is 11.4. The summed E-state index contributed by atoms with van der Waals surface area (Å²) in [5.74, 6) is 4.11. The number of β-amino-alcohol motifs (C(OH)–C–C–N with tert-alkyl or cyclic N) is 2.